The Balaban J connectivity index is 1.46. The molecule has 10 heteroatoms. The first-order valence-electron chi connectivity index (χ1n) is 9.62. The number of hydrogen-bond donors (Lipinski definition) is 0. The van der Waals surface area contributed by atoms with Crippen LogP contribution in [0.4, 0.5) is 0 Å². The molecule has 0 radical (unpaired) electrons. The van der Waals surface area contributed by atoms with E-state index < -0.39 is 10.0 Å². The normalized spacial score (nSPS) is 14.8. The van der Waals surface area contributed by atoms with Crippen LogP contribution in [0.2, 0.25) is 0 Å². The number of sulfonamides is 1. The molecule has 1 aromatic heterocycles. The molecule has 2 heterocycles. The number of methoxy groups -OCH3 is 3. The number of para-hydroxylation sites is 1. The van der Waals surface area contributed by atoms with E-state index >= 15 is 0 Å². The second-order valence-corrected chi connectivity index (χ2v) is 8.98. The molecule has 0 amide bonds. The van der Waals surface area contributed by atoms with Gasteiger partial charge in [0.15, 0.2) is 5.82 Å². The van der Waals surface area contributed by atoms with Gasteiger partial charge >= 0.3 is 0 Å². The lowest BCUT2D eigenvalue weighted by molar-refractivity contribution is 0.216. The van der Waals surface area contributed by atoms with E-state index in [4.69, 9.17) is 18.7 Å². The second kappa shape index (κ2) is 8.56. The Morgan fingerprint density at radius 2 is 1.77 bits per heavy atom. The van der Waals surface area contributed by atoms with Gasteiger partial charge in [-0.05, 0) is 18.2 Å². The van der Waals surface area contributed by atoms with Crippen LogP contribution in [0.3, 0.4) is 0 Å². The number of aromatic nitrogens is 2. The zero-order chi connectivity index (χ0) is 22.0. The summed E-state index contributed by atoms with van der Waals surface area (Å²) in [4.78, 5) is 4.52. The molecule has 0 saturated carbocycles. The third-order valence-corrected chi connectivity index (χ3v) is 7.06. The molecular weight excluding hydrogens is 422 g/mol. The second-order valence-electron chi connectivity index (χ2n) is 7.07. The highest BCUT2D eigenvalue weighted by atomic mass is 32.2. The summed E-state index contributed by atoms with van der Waals surface area (Å²) >= 11 is 0. The van der Waals surface area contributed by atoms with Crippen molar-refractivity contribution in [2.45, 2.75) is 17.2 Å². The summed E-state index contributed by atoms with van der Waals surface area (Å²) in [5.74, 6) is 2.24. The standard InChI is InChI=1S/C21H23N3O6S/c1-27-16-8-9-18(29-3)19(11-16)31(25,26)24-12-15(13-24)21-22-20(23-30-21)10-14-6-4-5-7-17(14)28-2/h4-9,11,15H,10,12-13H2,1-3H3. The Bertz CT molecular complexity index is 1170. The number of hydrogen-bond acceptors (Lipinski definition) is 8. The molecule has 3 aromatic rings. The fourth-order valence-electron chi connectivity index (χ4n) is 3.44. The smallest absolute Gasteiger partial charge is 0.246 e. The fourth-order valence-corrected chi connectivity index (χ4v) is 5.14. The number of nitrogens with zero attached hydrogens (tertiary/aromatic N) is 3. The van der Waals surface area contributed by atoms with E-state index in [1.807, 2.05) is 24.3 Å². The van der Waals surface area contributed by atoms with Gasteiger partial charge in [-0.1, -0.05) is 23.4 Å². The van der Waals surface area contributed by atoms with Crippen molar-refractivity contribution in [1.82, 2.24) is 14.4 Å². The van der Waals surface area contributed by atoms with Crippen LogP contribution in [-0.4, -0.2) is 57.3 Å². The van der Waals surface area contributed by atoms with Gasteiger partial charge in [-0.15, -0.1) is 0 Å². The molecular formula is C21H23N3O6S. The minimum absolute atomic E-state index is 0.0650. The van der Waals surface area contributed by atoms with Gasteiger partial charge in [-0.3, -0.25) is 0 Å². The topological polar surface area (TPSA) is 104 Å². The van der Waals surface area contributed by atoms with E-state index in [1.54, 1.807) is 19.2 Å². The van der Waals surface area contributed by atoms with Crippen LogP contribution in [0.25, 0.3) is 0 Å². The highest BCUT2D eigenvalue weighted by molar-refractivity contribution is 7.89. The van der Waals surface area contributed by atoms with E-state index in [2.05, 4.69) is 10.1 Å². The third-order valence-electron chi connectivity index (χ3n) is 5.21. The van der Waals surface area contributed by atoms with Crippen molar-refractivity contribution < 1.29 is 27.2 Å². The lowest BCUT2D eigenvalue weighted by atomic mass is 10.0. The third kappa shape index (κ3) is 4.08. The maximum Gasteiger partial charge on any atom is 0.246 e. The maximum atomic E-state index is 13.1. The van der Waals surface area contributed by atoms with Gasteiger partial charge in [0.1, 0.15) is 22.1 Å². The van der Waals surface area contributed by atoms with E-state index in [0.717, 1.165) is 11.3 Å². The summed E-state index contributed by atoms with van der Waals surface area (Å²) < 4.78 is 48.6. The van der Waals surface area contributed by atoms with Crippen LogP contribution in [-0.2, 0) is 16.4 Å². The van der Waals surface area contributed by atoms with Gasteiger partial charge in [0.25, 0.3) is 0 Å². The summed E-state index contributed by atoms with van der Waals surface area (Å²) in [6, 6.07) is 12.3. The molecule has 0 spiro atoms. The van der Waals surface area contributed by atoms with E-state index in [-0.39, 0.29) is 29.7 Å². The molecule has 9 nitrogen and oxygen atoms in total. The molecule has 1 fully saturated rings. The zero-order valence-electron chi connectivity index (χ0n) is 17.4. The van der Waals surface area contributed by atoms with Gasteiger partial charge in [-0.2, -0.15) is 9.29 Å². The van der Waals surface area contributed by atoms with Crippen molar-refractivity contribution in [1.29, 1.82) is 0 Å². The predicted molar refractivity (Wildman–Crippen MR) is 111 cm³/mol. The molecule has 0 atom stereocenters. The highest BCUT2D eigenvalue weighted by Gasteiger charge is 2.41. The summed E-state index contributed by atoms with van der Waals surface area (Å²) in [6.45, 7) is 0.498. The van der Waals surface area contributed by atoms with Gasteiger partial charge in [-0.25, -0.2) is 8.42 Å². The minimum Gasteiger partial charge on any atom is -0.497 e. The van der Waals surface area contributed by atoms with E-state index in [1.165, 1.54) is 24.6 Å². The first kappa shape index (κ1) is 21.1. The number of benzene rings is 2. The SMILES string of the molecule is COc1ccc(OC)c(S(=O)(=O)N2CC(c3nc(Cc4ccccc4OC)no3)C2)c1. The molecule has 0 N–H and O–H groups in total. The van der Waals surface area contributed by atoms with E-state index in [0.29, 0.717) is 23.9 Å². The van der Waals surface area contributed by atoms with Crippen molar-refractivity contribution in [3.8, 4) is 17.2 Å². The zero-order valence-corrected chi connectivity index (χ0v) is 18.3. The molecule has 1 saturated heterocycles. The van der Waals surface area contributed by atoms with Crippen molar-refractivity contribution >= 4 is 10.0 Å². The number of rotatable bonds is 8. The molecule has 4 rings (SSSR count). The quantitative estimate of drug-likeness (QED) is 0.521. The van der Waals surface area contributed by atoms with Crippen LogP contribution in [0.5, 0.6) is 17.2 Å². The van der Waals surface area contributed by atoms with Crippen molar-refractivity contribution in [2.75, 3.05) is 34.4 Å². The largest absolute Gasteiger partial charge is 0.497 e. The highest BCUT2D eigenvalue weighted by Crippen LogP contribution is 2.36. The summed E-state index contributed by atoms with van der Waals surface area (Å²) in [5, 5.41) is 4.04. The minimum atomic E-state index is -3.75. The van der Waals surface area contributed by atoms with Gasteiger partial charge < -0.3 is 18.7 Å². The molecule has 0 unspecified atom stereocenters. The van der Waals surface area contributed by atoms with Crippen LogP contribution < -0.4 is 14.2 Å². The van der Waals surface area contributed by atoms with Crippen LogP contribution in [0, 0.1) is 0 Å². The Morgan fingerprint density at radius 3 is 2.48 bits per heavy atom. The molecule has 1 aliphatic rings. The Labute approximate surface area is 180 Å². The lowest BCUT2D eigenvalue weighted by Gasteiger charge is -2.36. The van der Waals surface area contributed by atoms with Gasteiger partial charge in [0.05, 0.1) is 27.2 Å². The number of ether oxygens (including phenoxy) is 3. The van der Waals surface area contributed by atoms with Crippen LogP contribution in [0.15, 0.2) is 51.9 Å². The average Bonchev–Trinajstić information content (AvgIpc) is 3.20. The summed E-state index contributed by atoms with van der Waals surface area (Å²) in [7, 11) is 0.779. The van der Waals surface area contributed by atoms with Gasteiger partial charge in [0.2, 0.25) is 15.9 Å². The van der Waals surface area contributed by atoms with E-state index in [9.17, 15) is 8.42 Å². The summed E-state index contributed by atoms with van der Waals surface area (Å²) in [5.41, 5.74) is 0.945. The monoisotopic (exact) mass is 445 g/mol. The Hall–Kier alpha value is -3.11. The van der Waals surface area contributed by atoms with Gasteiger partial charge in [0, 0.05) is 31.1 Å². The Morgan fingerprint density at radius 1 is 1.03 bits per heavy atom. The Kier molecular flexibility index (Phi) is 5.84. The molecule has 0 aliphatic carbocycles. The van der Waals surface area contributed by atoms with Crippen molar-refractivity contribution in [3.63, 3.8) is 0 Å². The molecule has 1 aliphatic heterocycles. The summed E-state index contributed by atoms with van der Waals surface area (Å²) in [6.07, 6.45) is 0.462. The predicted octanol–water partition coefficient (Wildman–Crippen LogP) is 2.47. The van der Waals surface area contributed by atoms with Crippen molar-refractivity contribution in [3.05, 3.63) is 59.7 Å². The molecule has 0 bridgehead atoms. The van der Waals surface area contributed by atoms with Crippen molar-refractivity contribution in [2.24, 2.45) is 0 Å². The molecule has 164 valence electrons. The molecule has 31 heavy (non-hydrogen) atoms. The average molecular weight is 445 g/mol. The first-order valence-corrected chi connectivity index (χ1v) is 11.1. The first-order chi connectivity index (χ1) is 15.0. The lowest BCUT2D eigenvalue weighted by Crippen LogP contribution is -2.48. The van der Waals surface area contributed by atoms with Crippen LogP contribution >= 0.6 is 0 Å². The molecule has 2 aromatic carbocycles. The fraction of sp³-hybridized carbons (Fsp3) is 0.333. The van der Waals surface area contributed by atoms with Crippen LogP contribution in [0.1, 0.15) is 23.2 Å². The maximum absolute atomic E-state index is 13.1.